The second-order valence-corrected chi connectivity index (χ2v) is 8.11. The van der Waals surface area contributed by atoms with Crippen molar-refractivity contribution in [3.8, 4) is 0 Å². The standard InChI is InChI=1S/C23H30N4O3/c1-2-3-11-24-22(28)18-9-12-26(13-10-18)23(29)21-19-15-30-20(14-27(19)16-25-21)17-7-5-4-6-8-17/h4-8,16,18,20H,2-3,9-15H2,1H3,(H,24,28)/t20-/m0/s1. The molecule has 1 fully saturated rings. The van der Waals surface area contributed by atoms with E-state index in [-0.39, 0.29) is 23.8 Å². The van der Waals surface area contributed by atoms with Gasteiger partial charge < -0.3 is 19.5 Å². The van der Waals surface area contributed by atoms with Crippen molar-refractivity contribution in [2.45, 2.75) is 51.9 Å². The van der Waals surface area contributed by atoms with Gasteiger partial charge in [-0.05, 0) is 24.8 Å². The number of hydrogen-bond acceptors (Lipinski definition) is 4. The molecule has 0 spiro atoms. The number of ether oxygens (including phenoxy) is 1. The Labute approximate surface area is 177 Å². The second-order valence-electron chi connectivity index (χ2n) is 8.11. The number of carbonyl (C=O) groups excluding carboxylic acids is 2. The lowest BCUT2D eigenvalue weighted by atomic mass is 9.95. The molecule has 7 nitrogen and oxygen atoms in total. The fourth-order valence-corrected chi connectivity index (χ4v) is 4.20. The van der Waals surface area contributed by atoms with Gasteiger partial charge in [-0.1, -0.05) is 43.7 Å². The molecule has 0 aliphatic carbocycles. The summed E-state index contributed by atoms with van der Waals surface area (Å²) in [5.74, 6) is 0.0578. The fourth-order valence-electron chi connectivity index (χ4n) is 4.20. The zero-order chi connectivity index (χ0) is 20.9. The maximum absolute atomic E-state index is 13.1. The van der Waals surface area contributed by atoms with Gasteiger partial charge in [0, 0.05) is 25.6 Å². The van der Waals surface area contributed by atoms with Crippen LogP contribution < -0.4 is 5.32 Å². The predicted molar refractivity (Wildman–Crippen MR) is 113 cm³/mol. The quantitative estimate of drug-likeness (QED) is 0.743. The monoisotopic (exact) mass is 410 g/mol. The molecule has 0 saturated carbocycles. The summed E-state index contributed by atoms with van der Waals surface area (Å²) in [4.78, 5) is 31.6. The Morgan fingerprint density at radius 1 is 1.20 bits per heavy atom. The molecule has 160 valence electrons. The van der Waals surface area contributed by atoms with Crippen LogP contribution >= 0.6 is 0 Å². The Kier molecular flexibility index (Phi) is 6.47. The Balaban J connectivity index is 1.35. The molecule has 1 saturated heterocycles. The molecular weight excluding hydrogens is 380 g/mol. The first-order chi connectivity index (χ1) is 14.7. The van der Waals surface area contributed by atoms with E-state index < -0.39 is 0 Å². The number of carbonyl (C=O) groups is 2. The van der Waals surface area contributed by atoms with Gasteiger partial charge in [-0.2, -0.15) is 0 Å². The zero-order valence-electron chi connectivity index (χ0n) is 17.5. The second kappa shape index (κ2) is 9.43. The van der Waals surface area contributed by atoms with E-state index in [4.69, 9.17) is 4.74 Å². The van der Waals surface area contributed by atoms with Crippen LogP contribution in [0.1, 0.15) is 60.5 Å². The molecule has 1 atom stereocenters. The average Bonchev–Trinajstić information content (AvgIpc) is 3.22. The first-order valence-corrected chi connectivity index (χ1v) is 10.9. The number of hydrogen-bond donors (Lipinski definition) is 1. The SMILES string of the molecule is CCCCNC(=O)C1CCN(C(=O)c2ncn3c2CO[C@H](c2ccccc2)C3)CC1. The van der Waals surface area contributed by atoms with Gasteiger partial charge in [0.25, 0.3) is 5.91 Å². The van der Waals surface area contributed by atoms with Gasteiger partial charge in [0.05, 0.1) is 25.2 Å². The highest BCUT2D eigenvalue weighted by Crippen LogP contribution is 2.28. The molecular formula is C23H30N4O3. The van der Waals surface area contributed by atoms with E-state index in [0.717, 1.165) is 30.6 Å². The lowest BCUT2D eigenvalue weighted by Crippen LogP contribution is -2.43. The highest BCUT2D eigenvalue weighted by Gasteiger charge is 2.32. The Hall–Kier alpha value is -2.67. The van der Waals surface area contributed by atoms with Gasteiger partial charge in [-0.15, -0.1) is 0 Å². The van der Waals surface area contributed by atoms with Gasteiger partial charge in [0.2, 0.25) is 5.91 Å². The van der Waals surface area contributed by atoms with Crippen LogP contribution in [0, 0.1) is 5.92 Å². The molecule has 0 radical (unpaired) electrons. The minimum absolute atomic E-state index is 0.00298. The molecule has 2 aliphatic heterocycles. The van der Waals surface area contributed by atoms with Crippen molar-refractivity contribution in [2.24, 2.45) is 5.92 Å². The number of aromatic nitrogens is 2. The third-order valence-electron chi connectivity index (χ3n) is 6.09. The summed E-state index contributed by atoms with van der Waals surface area (Å²) in [6.45, 7) is 5.04. The number of fused-ring (bicyclic) bond motifs is 1. The van der Waals surface area contributed by atoms with Gasteiger partial charge in [-0.25, -0.2) is 4.98 Å². The summed E-state index contributed by atoms with van der Waals surface area (Å²) in [5, 5.41) is 3.01. The average molecular weight is 411 g/mol. The number of imidazole rings is 1. The molecule has 2 aliphatic rings. The number of unbranched alkanes of at least 4 members (excludes halogenated alkanes) is 1. The van der Waals surface area contributed by atoms with Crippen molar-refractivity contribution < 1.29 is 14.3 Å². The van der Waals surface area contributed by atoms with Crippen LogP contribution in [0.4, 0.5) is 0 Å². The van der Waals surface area contributed by atoms with Gasteiger partial charge >= 0.3 is 0 Å². The molecule has 30 heavy (non-hydrogen) atoms. The van der Waals surface area contributed by atoms with E-state index in [1.165, 1.54) is 0 Å². The summed E-state index contributed by atoms with van der Waals surface area (Å²) < 4.78 is 8.07. The predicted octanol–water partition coefficient (Wildman–Crippen LogP) is 2.92. The molecule has 1 N–H and O–H groups in total. The van der Waals surface area contributed by atoms with E-state index in [2.05, 4.69) is 29.4 Å². The van der Waals surface area contributed by atoms with E-state index in [9.17, 15) is 9.59 Å². The van der Waals surface area contributed by atoms with E-state index in [1.807, 2.05) is 27.7 Å². The third kappa shape index (κ3) is 4.41. The van der Waals surface area contributed by atoms with Crippen LogP contribution in [0.25, 0.3) is 0 Å². The van der Waals surface area contributed by atoms with Crippen LogP contribution in [-0.2, 0) is 22.7 Å². The molecule has 4 rings (SSSR count). The minimum Gasteiger partial charge on any atom is -0.365 e. The van der Waals surface area contributed by atoms with Crippen molar-refractivity contribution in [3.05, 3.63) is 53.6 Å². The Morgan fingerprint density at radius 3 is 2.70 bits per heavy atom. The number of piperidine rings is 1. The number of benzene rings is 1. The largest absolute Gasteiger partial charge is 0.365 e. The number of rotatable bonds is 6. The van der Waals surface area contributed by atoms with E-state index >= 15 is 0 Å². The molecule has 0 unspecified atom stereocenters. The lowest BCUT2D eigenvalue weighted by Gasteiger charge is -2.31. The topological polar surface area (TPSA) is 76.5 Å². The van der Waals surface area contributed by atoms with Gasteiger partial charge in [0.15, 0.2) is 5.69 Å². The Morgan fingerprint density at radius 2 is 1.97 bits per heavy atom. The highest BCUT2D eigenvalue weighted by atomic mass is 16.5. The van der Waals surface area contributed by atoms with Crippen LogP contribution in [0.5, 0.6) is 0 Å². The Bertz CT molecular complexity index is 872. The maximum atomic E-state index is 13.1. The maximum Gasteiger partial charge on any atom is 0.274 e. The molecule has 3 heterocycles. The van der Waals surface area contributed by atoms with Crippen molar-refractivity contribution in [2.75, 3.05) is 19.6 Å². The van der Waals surface area contributed by atoms with Crippen LogP contribution in [-0.4, -0.2) is 45.9 Å². The molecule has 2 amide bonds. The van der Waals surface area contributed by atoms with Crippen molar-refractivity contribution >= 4 is 11.8 Å². The number of amides is 2. The van der Waals surface area contributed by atoms with E-state index in [0.29, 0.717) is 44.8 Å². The summed E-state index contributed by atoms with van der Waals surface area (Å²) in [7, 11) is 0. The first kappa shape index (κ1) is 20.6. The van der Waals surface area contributed by atoms with Crippen molar-refractivity contribution in [1.29, 1.82) is 0 Å². The molecule has 7 heteroatoms. The molecule has 2 aromatic rings. The van der Waals surface area contributed by atoms with E-state index in [1.54, 1.807) is 6.33 Å². The highest BCUT2D eigenvalue weighted by molar-refractivity contribution is 5.93. The first-order valence-electron chi connectivity index (χ1n) is 10.9. The molecule has 0 bridgehead atoms. The number of nitrogens with one attached hydrogen (secondary N) is 1. The lowest BCUT2D eigenvalue weighted by molar-refractivity contribution is -0.126. The number of likely N-dealkylation sites (tertiary alicyclic amines) is 1. The molecule has 1 aromatic heterocycles. The van der Waals surface area contributed by atoms with Crippen molar-refractivity contribution in [1.82, 2.24) is 19.8 Å². The fraction of sp³-hybridized carbons (Fsp3) is 0.522. The zero-order valence-corrected chi connectivity index (χ0v) is 17.5. The normalized spacial score (nSPS) is 19.4. The van der Waals surface area contributed by atoms with Crippen molar-refractivity contribution in [3.63, 3.8) is 0 Å². The van der Waals surface area contributed by atoms with Crippen LogP contribution in [0.2, 0.25) is 0 Å². The minimum atomic E-state index is -0.0599. The summed E-state index contributed by atoms with van der Waals surface area (Å²) in [6.07, 6.45) is 5.19. The van der Waals surface area contributed by atoms with Gasteiger partial charge in [-0.3, -0.25) is 9.59 Å². The smallest absolute Gasteiger partial charge is 0.274 e. The number of nitrogens with zero attached hydrogens (tertiary/aromatic N) is 3. The third-order valence-corrected chi connectivity index (χ3v) is 6.09. The summed E-state index contributed by atoms with van der Waals surface area (Å²) in [5.41, 5.74) is 2.45. The molecule has 1 aromatic carbocycles. The summed E-state index contributed by atoms with van der Waals surface area (Å²) >= 11 is 0. The van der Waals surface area contributed by atoms with Crippen LogP contribution in [0.15, 0.2) is 36.7 Å². The summed E-state index contributed by atoms with van der Waals surface area (Å²) in [6, 6.07) is 10.1. The van der Waals surface area contributed by atoms with Crippen LogP contribution in [0.3, 0.4) is 0 Å². The van der Waals surface area contributed by atoms with Gasteiger partial charge in [0.1, 0.15) is 6.10 Å².